The van der Waals surface area contributed by atoms with Crippen molar-refractivity contribution in [2.24, 2.45) is 0 Å². The van der Waals surface area contributed by atoms with Crippen LogP contribution in [0.4, 0.5) is 5.69 Å². The third-order valence-electron chi connectivity index (χ3n) is 2.09. The molecule has 0 bridgehead atoms. The largest absolute Gasteiger partial charge is 0.493 e. The highest BCUT2D eigenvalue weighted by Crippen LogP contribution is 2.26. The Morgan fingerprint density at radius 3 is 2.78 bits per heavy atom. The van der Waals surface area contributed by atoms with Gasteiger partial charge >= 0.3 is 5.97 Å². The van der Waals surface area contributed by atoms with Gasteiger partial charge in [-0.3, -0.25) is 14.9 Å². The molecule has 0 saturated carbocycles. The first kappa shape index (κ1) is 14.4. The lowest BCUT2D eigenvalue weighted by molar-refractivity contribution is -0.385. The van der Waals surface area contributed by atoms with Gasteiger partial charge in [0.1, 0.15) is 5.75 Å². The summed E-state index contributed by atoms with van der Waals surface area (Å²) in [4.78, 5) is 21.0. The summed E-state index contributed by atoms with van der Waals surface area (Å²) in [7, 11) is 1.32. The summed E-state index contributed by atoms with van der Waals surface area (Å²) in [6.45, 7) is 0.294. The number of methoxy groups -OCH3 is 1. The second kappa shape index (κ2) is 6.95. The number of esters is 1. The average molecular weight is 318 g/mol. The number of carbonyl (C=O) groups excluding carboxylic acids is 1. The van der Waals surface area contributed by atoms with E-state index in [0.29, 0.717) is 23.2 Å². The van der Waals surface area contributed by atoms with Crippen molar-refractivity contribution >= 4 is 27.6 Å². The van der Waals surface area contributed by atoms with Gasteiger partial charge in [-0.1, -0.05) is 15.9 Å². The zero-order valence-electron chi connectivity index (χ0n) is 9.72. The van der Waals surface area contributed by atoms with Crippen molar-refractivity contribution < 1.29 is 19.2 Å². The quantitative estimate of drug-likeness (QED) is 0.349. The van der Waals surface area contributed by atoms with E-state index in [0.717, 1.165) is 0 Å². The molecule has 1 aromatic rings. The van der Waals surface area contributed by atoms with Crippen LogP contribution in [0.15, 0.2) is 22.7 Å². The first-order valence-corrected chi connectivity index (χ1v) is 5.97. The molecule has 1 rings (SSSR count). The lowest BCUT2D eigenvalue weighted by atomic mass is 10.3. The molecule has 0 aliphatic carbocycles. The molecule has 0 fully saturated rings. The van der Waals surface area contributed by atoms with E-state index in [1.54, 1.807) is 6.07 Å². The molecule has 0 aliphatic rings. The number of nitro benzene ring substituents is 1. The summed E-state index contributed by atoms with van der Waals surface area (Å²) < 4.78 is 10.4. The fourth-order valence-corrected chi connectivity index (χ4v) is 1.71. The Morgan fingerprint density at radius 2 is 2.17 bits per heavy atom. The lowest BCUT2D eigenvalue weighted by Gasteiger charge is -2.06. The van der Waals surface area contributed by atoms with Gasteiger partial charge in [0.2, 0.25) is 0 Å². The van der Waals surface area contributed by atoms with E-state index in [1.807, 2.05) is 0 Å². The van der Waals surface area contributed by atoms with Gasteiger partial charge in [-0.05, 0) is 12.5 Å². The van der Waals surface area contributed by atoms with Crippen LogP contribution < -0.4 is 4.74 Å². The van der Waals surface area contributed by atoms with Crippen LogP contribution in [-0.4, -0.2) is 24.6 Å². The predicted octanol–water partition coefficient (Wildman–Crippen LogP) is 2.69. The number of non-ortho nitro benzene ring substituents is 1. The minimum atomic E-state index is -0.494. The SMILES string of the molecule is COC(=O)CCCOc1cc(Br)cc([N+](=O)[O-])c1. The van der Waals surface area contributed by atoms with Crippen LogP contribution in [-0.2, 0) is 9.53 Å². The smallest absolute Gasteiger partial charge is 0.305 e. The Morgan fingerprint density at radius 1 is 1.44 bits per heavy atom. The molecule has 0 aromatic heterocycles. The van der Waals surface area contributed by atoms with Crippen LogP contribution in [0.1, 0.15) is 12.8 Å². The highest BCUT2D eigenvalue weighted by Gasteiger charge is 2.09. The van der Waals surface area contributed by atoms with Crippen LogP contribution in [0.3, 0.4) is 0 Å². The Bertz CT molecular complexity index is 449. The summed E-state index contributed by atoms with van der Waals surface area (Å²) in [6, 6.07) is 4.36. The predicted molar refractivity (Wildman–Crippen MR) is 67.5 cm³/mol. The van der Waals surface area contributed by atoms with E-state index in [2.05, 4.69) is 20.7 Å². The molecule has 0 heterocycles. The monoisotopic (exact) mass is 317 g/mol. The molecule has 1 aromatic carbocycles. The molecular formula is C11H12BrNO5. The minimum absolute atomic E-state index is 0.0488. The van der Waals surface area contributed by atoms with Crippen molar-refractivity contribution in [1.29, 1.82) is 0 Å². The summed E-state index contributed by atoms with van der Waals surface area (Å²) >= 11 is 3.17. The number of nitrogens with zero attached hydrogens (tertiary/aromatic N) is 1. The zero-order chi connectivity index (χ0) is 13.5. The number of halogens is 1. The minimum Gasteiger partial charge on any atom is -0.493 e. The molecule has 7 heteroatoms. The second-order valence-electron chi connectivity index (χ2n) is 3.43. The van der Waals surface area contributed by atoms with Gasteiger partial charge < -0.3 is 9.47 Å². The number of nitro groups is 1. The standard InChI is InChI=1S/C11H12BrNO5/c1-17-11(14)3-2-4-18-10-6-8(12)5-9(7-10)13(15)16/h5-7H,2-4H2,1H3. The molecule has 0 radical (unpaired) electrons. The highest BCUT2D eigenvalue weighted by molar-refractivity contribution is 9.10. The maximum Gasteiger partial charge on any atom is 0.305 e. The maximum absolute atomic E-state index is 10.8. The van der Waals surface area contributed by atoms with Gasteiger partial charge in [0.25, 0.3) is 5.69 Å². The van der Waals surface area contributed by atoms with Gasteiger partial charge in [0.15, 0.2) is 0 Å². The molecule has 98 valence electrons. The lowest BCUT2D eigenvalue weighted by Crippen LogP contribution is -2.04. The number of benzene rings is 1. The first-order chi connectivity index (χ1) is 8.52. The molecule has 0 amide bonds. The van der Waals surface area contributed by atoms with Gasteiger partial charge in [0, 0.05) is 17.0 Å². The van der Waals surface area contributed by atoms with Gasteiger partial charge in [0.05, 0.1) is 24.7 Å². The number of hydrogen-bond acceptors (Lipinski definition) is 5. The first-order valence-electron chi connectivity index (χ1n) is 5.17. The van der Waals surface area contributed by atoms with E-state index in [-0.39, 0.29) is 18.1 Å². The molecule has 6 nitrogen and oxygen atoms in total. The number of hydrogen-bond donors (Lipinski definition) is 0. The molecule has 0 N–H and O–H groups in total. The molecular weight excluding hydrogens is 306 g/mol. The van der Waals surface area contributed by atoms with Crippen LogP contribution in [0, 0.1) is 10.1 Å². The maximum atomic E-state index is 10.8. The molecule has 0 aliphatic heterocycles. The molecule has 0 spiro atoms. The second-order valence-corrected chi connectivity index (χ2v) is 4.35. The fraction of sp³-hybridized carbons (Fsp3) is 0.364. The van der Waals surface area contributed by atoms with Gasteiger partial charge in [-0.2, -0.15) is 0 Å². The van der Waals surface area contributed by atoms with Crippen LogP contribution >= 0.6 is 15.9 Å². The van der Waals surface area contributed by atoms with Gasteiger partial charge in [-0.15, -0.1) is 0 Å². The number of carbonyl (C=O) groups is 1. The fourth-order valence-electron chi connectivity index (χ4n) is 1.25. The van der Waals surface area contributed by atoms with Crippen molar-refractivity contribution in [2.75, 3.05) is 13.7 Å². The average Bonchev–Trinajstić information content (AvgIpc) is 2.33. The molecule has 0 atom stereocenters. The van der Waals surface area contributed by atoms with Crippen molar-refractivity contribution in [1.82, 2.24) is 0 Å². The zero-order valence-corrected chi connectivity index (χ0v) is 11.3. The van der Waals surface area contributed by atoms with E-state index < -0.39 is 4.92 Å². The van der Waals surface area contributed by atoms with E-state index in [1.165, 1.54) is 19.2 Å². The Hall–Kier alpha value is -1.63. The van der Waals surface area contributed by atoms with Gasteiger partial charge in [-0.25, -0.2) is 0 Å². The Kier molecular flexibility index (Phi) is 5.57. The summed E-state index contributed by atoms with van der Waals surface area (Å²) in [5.74, 6) is 0.0831. The molecule has 18 heavy (non-hydrogen) atoms. The summed E-state index contributed by atoms with van der Waals surface area (Å²) in [6.07, 6.45) is 0.750. The number of ether oxygens (including phenoxy) is 2. The molecule has 0 unspecified atom stereocenters. The summed E-state index contributed by atoms with van der Waals surface area (Å²) in [5.41, 5.74) is -0.0488. The van der Waals surface area contributed by atoms with Crippen molar-refractivity contribution in [3.63, 3.8) is 0 Å². The van der Waals surface area contributed by atoms with Crippen LogP contribution in [0.5, 0.6) is 5.75 Å². The Labute approximate surface area is 112 Å². The van der Waals surface area contributed by atoms with Crippen molar-refractivity contribution in [3.8, 4) is 5.75 Å². The third-order valence-corrected chi connectivity index (χ3v) is 2.55. The van der Waals surface area contributed by atoms with E-state index >= 15 is 0 Å². The van der Waals surface area contributed by atoms with E-state index in [4.69, 9.17) is 4.74 Å². The topological polar surface area (TPSA) is 78.7 Å². The van der Waals surface area contributed by atoms with Crippen molar-refractivity contribution in [2.45, 2.75) is 12.8 Å². The number of rotatable bonds is 6. The van der Waals surface area contributed by atoms with Crippen LogP contribution in [0.2, 0.25) is 0 Å². The van der Waals surface area contributed by atoms with E-state index in [9.17, 15) is 14.9 Å². The van der Waals surface area contributed by atoms with Crippen LogP contribution in [0.25, 0.3) is 0 Å². The summed E-state index contributed by atoms with van der Waals surface area (Å²) in [5, 5.41) is 10.6. The Balaban J connectivity index is 2.52. The molecule has 0 saturated heterocycles. The normalized spacial score (nSPS) is 9.89. The van der Waals surface area contributed by atoms with Crippen molar-refractivity contribution in [3.05, 3.63) is 32.8 Å². The third kappa shape index (κ3) is 4.70. The highest BCUT2D eigenvalue weighted by atomic mass is 79.9.